The van der Waals surface area contributed by atoms with Gasteiger partial charge >= 0.3 is 5.97 Å². The number of aryl methyl sites for hydroxylation is 1. The second kappa shape index (κ2) is 7.67. The van der Waals surface area contributed by atoms with Crippen LogP contribution in [0.4, 0.5) is 0 Å². The molecule has 0 fully saturated rings. The Morgan fingerprint density at radius 2 is 1.56 bits per heavy atom. The van der Waals surface area contributed by atoms with Gasteiger partial charge in [-0.25, -0.2) is 0 Å². The van der Waals surface area contributed by atoms with Crippen molar-refractivity contribution < 1.29 is 13.9 Å². The number of esters is 1. The number of carbonyl (C=O) groups excluding carboxylic acids is 1. The Morgan fingerprint density at radius 1 is 1.00 bits per heavy atom. The van der Waals surface area contributed by atoms with Gasteiger partial charge in [-0.2, -0.15) is 0 Å². The number of benzene rings is 2. The van der Waals surface area contributed by atoms with Gasteiger partial charge < -0.3 is 9.15 Å². The maximum absolute atomic E-state index is 11.5. The van der Waals surface area contributed by atoms with Crippen LogP contribution in [0.1, 0.15) is 28.2 Å². The van der Waals surface area contributed by atoms with Crippen LogP contribution in [-0.2, 0) is 16.0 Å². The van der Waals surface area contributed by atoms with Gasteiger partial charge in [-0.15, -0.1) is 0 Å². The van der Waals surface area contributed by atoms with E-state index in [1.54, 1.807) is 0 Å². The standard InChI is InChI=1S/C22H20O3/c1-16-13-19(25-21(16)15-22(23)24-2)14-20(17-9-5-3-6-10-17)18-11-7-4-8-12-18/h3-14H,15H2,1-2H3. The van der Waals surface area contributed by atoms with E-state index in [9.17, 15) is 4.79 Å². The van der Waals surface area contributed by atoms with Gasteiger partial charge in [0.1, 0.15) is 17.9 Å². The van der Waals surface area contributed by atoms with Crippen LogP contribution in [0.15, 0.2) is 71.1 Å². The van der Waals surface area contributed by atoms with E-state index >= 15 is 0 Å². The molecule has 0 unspecified atom stereocenters. The van der Waals surface area contributed by atoms with Gasteiger partial charge in [-0.05, 0) is 41.3 Å². The summed E-state index contributed by atoms with van der Waals surface area (Å²) in [5.74, 6) is 1.05. The van der Waals surface area contributed by atoms with Crippen LogP contribution in [0.5, 0.6) is 0 Å². The maximum Gasteiger partial charge on any atom is 0.313 e. The summed E-state index contributed by atoms with van der Waals surface area (Å²) in [6.45, 7) is 1.93. The van der Waals surface area contributed by atoms with Crippen molar-refractivity contribution in [2.75, 3.05) is 7.11 Å². The van der Waals surface area contributed by atoms with E-state index in [-0.39, 0.29) is 12.4 Å². The average molecular weight is 332 g/mol. The van der Waals surface area contributed by atoms with Gasteiger partial charge in [-0.3, -0.25) is 4.79 Å². The molecule has 0 spiro atoms. The van der Waals surface area contributed by atoms with E-state index in [1.165, 1.54) is 7.11 Å². The zero-order chi connectivity index (χ0) is 17.6. The second-order valence-electron chi connectivity index (χ2n) is 5.80. The summed E-state index contributed by atoms with van der Waals surface area (Å²) in [5.41, 5.74) is 4.23. The van der Waals surface area contributed by atoms with Crippen molar-refractivity contribution in [3.63, 3.8) is 0 Å². The molecule has 126 valence electrons. The third-order valence-electron chi connectivity index (χ3n) is 4.03. The average Bonchev–Trinajstić information content (AvgIpc) is 3.00. The van der Waals surface area contributed by atoms with E-state index in [0.717, 1.165) is 28.0 Å². The largest absolute Gasteiger partial charge is 0.469 e. The molecule has 1 aromatic heterocycles. The Balaban J connectivity index is 2.02. The SMILES string of the molecule is COC(=O)Cc1oc(C=C(c2ccccc2)c2ccccc2)cc1C. The fourth-order valence-electron chi connectivity index (χ4n) is 2.71. The molecule has 25 heavy (non-hydrogen) atoms. The van der Waals surface area contributed by atoms with Crippen LogP contribution in [0.25, 0.3) is 11.6 Å². The molecule has 3 heteroatoms. The van der Waals surface area contributed by atoms with Gasteiger partial charge in [0.2, 0.25) is 0 Å². The molecule has 0 aliphatic rings. The Morgan fingerprint density at radius 3 is 2.08 bits per heavy atom. The van der Waals surface area contributed by atoms with Crippen LogP contribution in [-0.4, -0.2) is 13.1 Å². The lowest BCUT2D eigenvalue weighted by Crippen LogP contribution is -2.04. The monoisotopic (exact) mass is 332 g/mol. The highest BCUT2D eigenvalue weighted by molar-refractivity contribution is 5.90. The Hall–Kier alpha value is -3.07. The summed E-state index contributed by atoms with van der Waals surface area (Å²) in [5, 5.41) is 0. The van der Waals surface area contributed by atoms with Crippen molar-refractivity contribution in [2.24, 2.45) is 0 Å². The molecule has 0 aliphatic heterocycles. The summed E-state index contributed by atoms with van der Waals surface area (Å²) in [7, 11) is 1.38. The van der Waals surface area contributed by atoms with Crippen LogP contribution in [0.3, 0.4) is 0 Å². The first-order valence-corrected chi connectivity index (χ1v) is 8.16. The van der Waals surface area contributed by atoms with Gasteiger partial charge in [0, 0.05) is 0 Å². The molecular weight excluding hydrogens is 312 g/mol. The van der Waals surface area contributed by atoms with Crippen LogP contribution < -0.4 is 0 Å². The number of hydrogen-bond acceptors (Lipinski definition) is 3. The lowest BCUT2D eigenvalue weighted by molar-refractivity contribution is -0.140. The smallest absolute Gasteiger partial charge is 0.313 e. The maximum atomic E-state index is 11.5. The van der Waals surface area contributed by atoms with E-state index in [1.807, 2.05) is 55.5 Å². The molecule has 1 heterocycles. The Kier molecular flexibility index (Phi) is 5.14. The molecular formula is C22H20O3. The molecule has 2 aromatic carbocycles. The molecule has 0 saturated heterocycles. The normalized spacial score (nSPS) is 10.3. The molecule has 0 amide bonds. The zero-order valence-electron chi connectivity index (χ0n) is 14.4. The summed E-state index contributed by atoms with van der Waals surface area (Å²) >= 11 is 0. The first-order chi connectivity index (χ1) is 12.2. The number of methoxy groups -OCH3 is 1. The first-order valence-electron chi connectivity index (χ1n) is 8.16. The number of carbonyl (C=O) groups is 1. The lowest BCUT2D eigenvalue weighted by atomic mass is 9.97. The van der Waals surface area contributed by atoms with Crippen LogP contribution in [0.2, 0.25) is 0 Å². The predicted octanol–water partition coefficient (Wildman–Crippen LogP) is 4.89. The topological polar surface area (TPSA) is 39.4 Å². The minimum Gasteiger partial charge on any atom is -0.469 e. The third-order valence-corrected chi connectivity index (χ3v) is 4.03. The molecule has 3 nitrogen and oxygen atoms in total. The van der Waals surface area contributed by atoms with E-state index in [0.29, 0.717) is 5.76 Å². The van der Waals surface area contributed by atoms with Gasteiger partial charge in [-0.1, -0.05) is 60.7 Å². The quantitative estimate of drug-likeness (QED) is 0.624. The molecule has 0 bridgehead atoms. The molecule has 3 rings (SSSR count). The van der Waals surface area contributed by atoms with Crippen molar-refractivity contribution in [1.82, 2.24) is 0 Å². The Bertz CT molecular complexity index is 833. The first kappa shape index (κ1) is 16.8. The minimum absolute atomic E-state index is 0.141. The molecule has 0 saturated carbocycles. The fourth-order valence-corrected chi connectivity index (χ4v) is 2.71. The van der Waals surface area contributed by atoms with E-state index < -0.39 is 0 Å². The zero-order valence-corrected chi connectivity index (χ0v) is 14.4. The predicted molar refractivity (Wildman–Crippen MR) is 99.0 cm³/mol. The molecule has 0 radical (unpaired) electrons. The number of furan rings is 1. The molecule has 0 N–H and O–H groups in total. The number of rotatable bonds is 5. The highest BCUT2D eigenvalue weighted by Crippen LogP contribution is 2.27. The highest BCUT2D eigenvalue weighted by Gasteiger charge is 2.13. The third kappa shape index (κ3) is 4.07. The number of ether oxygens (including phenoxy) is 1. The van der Waals surface area contributed by atoms with Crippen molar-refractivity contribution in [3.8, 4) is 0 Å². The Labute approximate surface area is 147 Å². The minimum atomic E-state index is -0.306. The van der Waals surface area contributed by atoms with Gasteiger partial charge in [0.25, 0.3) is 0 Å². The van der Waals surface area contributed by atoms with E-state index in [2.05, 4.69) is 24.3 Å². The summed E-state index contributed by atoms with van der Waals surface area (Å²) in [6, 6.07) is 22.3. The molecule has 3 aromatic rings. The van der Waals surface area contributed by atoms with Crippen molar-refractivity contribution in [3.05, 3.63) is 94.9 Å². The van der Waals surface area contributed by atoms with Crippen molar-refractivity contribution in [1.29, 1.82) is 0 Å². The molecule has 0 aliphatic carbocycles. The second-order valence-corrected chi connectivity index (χ2v) is 5.80. The van der Waals surface area contributed by atoms with Gasteiger partial charge in [0.05, 0.1) is 7.11 Å². The lowest BCUT2D eigenvalue weighted by Gasteiger charge is -2.08. The fraction of sp³-hybridized carbons (Fsp3) is 0.136. The summed E-state index contributed by atoms with van der Waals surface area (Å²) < 4.78 is 10.6. The van der Waals surface area contributed by atoms with E-state index in [4.69, 9.17) is 9.15 Å². The molecule has 0 atom stereocenters. The summed E-state index contributed by atoms with van der Waals surface area (Å²) in [6.07, 6.45) is 2.15. The van der Waals surface area contributed by atoms with Gasteiger partial charge in [0.15, 0.2) is 0 Å². The highest BCUT2D eigenvalue weighted by atomic mass is 16.5. The summed E-state index contributed by atoms with van der Waals surface area (Å²) in [4.78, 5) is 11.5. The van der Waals surface area contributed by atoms with Crippen molar-refractivity contribution in [2.45, 2.75) is 13.3 Å². The van der Waals surface area contributed by atoms with Crippen molar-refractivity contribution >= 4 is 17.6 Å². The van der Waals surface area contributed by atoms with Crippen LogP contribution >= 0.6 is 0 Å². The van der Waals surface area contributed by atoms with Crippen LogP contribution in [0, 0.1) is 6.92 Å². The number of hydrogen-bond donors (Lipinski definition) is 0.